The van der Waals surface area contributed by atoms with E-state index in [-0.39, 0.29) is 24.5 Å². The highest BCUT2D eigenvalue weighted by molar-refractivity contribution is 5.74. The molecule has 4 aromatic carbocycles. The van der Waals surface area contributed by atoms with E-state index < -0.39 is 0 Å². The number of aryl methyl sites for hydroxylation is 2. The third-order valence-electron chi connectivity index (χ3n) is 7.41. The van der Waals surface area contributed by atoms with Crippen molar-refractivity contribution in [1.29, 1.82) is 0 Å². The average molecular weight is 522 g/mol. The Bertz CT molecular complexity index is 1350. The number of ether oxygens (including phenoxy) is 2. The van der Waals surface area contributed by atoms with Crippen molar-refractivity contribution in [3.63, 3.8) is 0 Å². The Balaban J connectivity index is 1.90. The van der Waals surface area contributed by atoms with E-state index in [9.17, 15) is 4.79 Å². The number of esters is 1. The fourth-order valence-corrected chi connectivity index (χ4v) is 5.44. The molecule has 4 nitrogen and oxygen atoms in total. The van der Waals surface area contributed by atoms with Gasteiger partial charge in [0, 0.05) is 24.2 Å². The molecule has 4 aromatic rings. The molecule has 0 aliphatic rings. The minimum Gasteiger partial charge on any atom is -0.496 e. The highest BCUT2D eigenvalue weighted by Gasteiger charge is 2.31. The predicted octanol–water partition coefficient (Wildman–Crippen LogP) is 8.24. The van der Waals surface area contributed by atoms with Gasteiger partial charge in [-0.25, -0.2) is 0 Å². The lowest BCUT2D eigenvalue weighted by Gasteiger charge is -2.37. The maximum absolute atomic E-state index is 13.1. The Hall–Kier alpha value is -3.89. The van der Waals surface area contributed by atoms with Crippen LogP contribution in [0.5, 0.6) is 5.75 Å². The SMILES string of the molecule is CCOC(=O)CC(c1cc(-c2c(C)cccc2C)ccc1OC)N(Cc1ccccc1)C(C)c1ccccc1. The van der Waals surface area contributed by atoms with Crippen LogP contribution in [-0.2, 0) is 16.1 Å². The third-order valence-corrected chi connectivity index (χ3v) is 7.41. The Morgan fingerprint density at radius 3 is 2.10 bits per heavy atom. The van der Waals surface area contributed by atoms with Gasteiger partial charge in [-0.3, -0.25) is 9.69 Å². The molecule has 0 aromatic heterocycles. The summed E-state index contributed by atoms with van der Waals surface area (Å²) in [6, 6.07) is 33.3. The van der Waals surface area contributed by atoms with E-state index in [1.54, 1.807) is 7.11 Å². The first-order valence-corrected chi connectivity index (χ1v) is 13.7. The van der Waals surface area contributed by atoms with Gasteiger partial charge in [0.05, 0.1) is 20.1 Å². The number of rotatable bonds is 11. The molecule has 0 bridgehead atoms. The van der Waals surface area contributed by atoms with Crippen LogP contribution in [0.15, 0.2) is 97.1 Å². The van der Waals surface area contributed by atoms with Gasteiger partial charge in [-0.2, -0.15) is 0 Å². The van der Waals surface area contributed by atoms with E-state index in [1.807, 2.05) is 25.1 Å². The molecule has 0 N–H and O–H groups in total. The molecule has 0 fully saturated rings. The first-order chi connectivity index (χ1) is 18.9. The first-order valence-electron chi connectivity index (χ1n) is 13.7. The Morgan fingerprint density at radius 2 is 1.49 bits per heavy atom. The molecule has 4 heteroatoms. The van der Waals surface area contributed by atoms with Crippen molar-refractivity contribution in [1.82, 2.24) is 4.90 Å². The zero-order valence-electron chi connectivity index (χ0n) is 23.7. The van der Waals surface area contributed by atoms with Gasteiger partial charge in [0.25, 0.3) is 0 Å². The van der Waals surface area contributed by atoms with E-state index in [2.05, 4.69) is 105 Å². The number of carbonyl (C=O) groups is 1. The van der Waals surface area contributed by atoms with Crippen LogP contribution in [0.1, 0.15) is 60.2 Å². The lowest BCUT2D eigenvalue weighted by atomic mass is 9.90. The van der Waals surface area contributed by atoms with Crippen LogP contribution >= 0.6 is 0 Å². The van der Waals surface area contributed by atoms with E-state index in [0.29, 0.717) is 13.2 Å². The van der Waals surface area contributed by atoms with E-state index in [0.717, 1.165) is 16.9 Å². The molecule has 0 aliphatic heterocycles. The molecule has 0 radical (unpaired) electrons. The minimum atomic E-state index is -0.279. The predicted molar refractivity (Wildman–Crippen MR) is 159 cm³/mol. The van der Waals surface area contributed by atoms with Crippen molar-refractivity contribution >= 4 is 5.97 Å². The molecule has 0 amide bonds. The fourth-order valence-electron chi connectivity index (χ4n) is 5.44. The Morgan fingerprint density at radius 1 is 0.846 bits per heavy atom. The molecule has 0 saturated carbocycles. The third kappa shape index (κ3) is 6.76. The van der Waals surface area contributed by atoms with Crippen molar-refractivity contribution in [3.8, 4) is 16.9 Å². The highest BCUT2D eigenvalue weighted by Crippen LogP contribution is 2.41. The summed E-state index contributed by atoms with van der Waals surface area (Å²) < 4.78 is 11.4. The molecule has 2 unspecified atom stereocenters. The van der Waals surface area contributed by atoms with Gasteiger partial charge in [-0.1, -0.05) is 84.9 Å². The van der Waals surface area contributed by atoms with Crippen LogP contribution < -0.4 is 4.74 Å². The highest BCUT2D eigenvalue weighted by atomic mass is 16.5. The van der Waals surface area contributed by atoms with Crippen molar-refractivity contribution in [2.24, 2.45) is 0 Å². The van der Waals surface area contributed by atoms with E-state index >= 15 is 0 Å². The quantitative estimate of drug-likeness (QED) is 0.186. The van der Waals surface area contributed by atoms with Gasteiger partial charge in [0.15, 0.2) is 0 Å². The van der Waals surface area contributed by atoms with Crippen molar-refractivity contribution in [2.75, 3.05) is 13.7 Å². The molecule has 2 atom stereocenters. The summed E-state index contributed by atoms with van der Waals surface area (Å²) in [4.78, 5) is 15.5. The molecule has 4 rings (SSSR count). The second kappa shape index (κ2) is 13.3. The summed E-state index contributed by atoms with van der Waals surface area (Å²) in [5.41, 5.74) is 8.10. The van der Waals surface area contributed by atoms with E-state index in [4.69, 9.17) is 9.47 Å². The monoisotopic (exact) mass is 521 g/mol. The summed E-state index contributed by atoms with van der Waals surface area (Å²) in [6.07, 6.45) is 0.213. The minimum absolute atomic E-state index is 0.0272. The van der Waals surface area contributed by atoms with Crippen LogP contribution in [0.3, 0.4) is 0 Å². The zero-order chi connectivity index (χ0) is 27.8. The molecule has 39 heavy (non-hydrogen) atoms. The van der Waals surface area contributed by atoms with Gasteiger partial charge in [0.2, 0.25) is 0 Å². The summed E-state index contributed by atoms with van der Waals surface area (Å²) in [5.74, 6) is 0.540. The number of nitrogens with zero attached hydrogens (tertiary/aromatic N) is 1. The average Bonchev–Trinajstić information content (AvgIpc) is 2.95. The number of hydrogen-bond acceptors (Lipinski definition) is 4. The topological polar surface area (TPSA) is 38.8 Å². The number of hydrogen-bond donors (Lipinski definition) is 0. The second-order valence-corrected chi connectivity index (χ2v) is 9.99. The van der Waals surface area contributed by atoms with Crippen LogP contribution in [0, 0.1) is 13.8 Å². The smallest absolute Gasteiger partial charge is 0.307 e. The maximum atomic E-state index is 13.1. The largest absolute Gasteiger partial charge is 0.496 e. The molecule has 0 spiro atoms. The fraction of sp³-hybridized carbons (Fsp3) is 0.286. The van der Waals surface area contributed by atoms with E-state index in [1.165, 1.54) is 27.8 Å². The Labute approximate surface area is 233 Å². The number of carbonyl (C=O) groups excluding carboxylic acids is 1. The number of methoxy groups -OCH3 is 1. The van der Waals surface area contributed by atoms with Crippen LogP contribution in [-0.4, -0.2) is 24.6 Å². The summed E-state index contributed by atoms with van der Waals surface area (Å²) in [7, 11) is 1.70. The lowest BCUT2D eigenvalue weighted by Crippen LogP contribution is -2.33. The molecule has 0 heterocycles. The van der Waals surface area contributed by atoms with Crippen molar-refractivity contribution in [3.05, 3.63) is 125 Å². The summed E-state index contributed by atoms with van der Waals surface area (Å²) >= 11 is 0. The molecule has 0 saturated heterocycles. The van der Waals surface area contributed by atoms with Gasteiger partial charge >= 0.3 is 5.97 Å². The standard InChI is InChI=1S/C35H39NO3/c1-6-39-34(37)23-32(31-22-30(20-21-33(31)38-5)35-25(2)14-13-15-26(35)3)36(24-28-16-9-7-10-17-28)27(4)29-18-11-8-12-19-29/h7-22,27,32H,6,23-24H2,1-5H3. The molecular weight excluding hydrogens is 482 g/mol. The summed E-state index contributed by atoms with van der Waals surface area (Å²) in [5, 5.41) is 0. The normalized spacial score (nSPS) is 12.7. The summed E-state index contributed by atoms with van der Waals surface area (Å²) in [6.45, 7) is 9.35. The van der Waals surface area contributed by atoms with Gasteiger partial charge in [-0.15, -0.1) is 0 Å². The molecule has 0 aliphatic carbocycles. The second-order valence-electron chi connectivity index (χ2n) is 9.99. The van der Waals surface area contributed by atoms with Crippen LogP contribution in [0.2, 0.25) is 0 Å². The van der Waals surface area contributed by atoms with Crippen LogP contribution in [0.4, 0.5) is 0 Å². The van der Waals surface area contributed by atoms with Crippen LogP contribution in [0.25, 0.3) is 11.1 Å². The van der Waals surface area contributed by atoms with Gasteiger partial charge < -0.3 is 9.47 Å². The van der Waals surface area contributed by atoms with Gasteiger partial charge in [-0.05, 0) is 73.2 Å². The number of benzene rings is 4. The van der Waals surface area contributed by atoms with Crippen molar-refractivity contribution < 1.29 is 14.3 Å². The van der Waals surface area contributed by atoms with Crippen molar-refractivity contribution in [2.45, 2.75) is 52.7 Å². The molecular formula is C35H39NO3. The maximum Gasteiger partial charge on any atom is 0.307 e. The Kier molecular flexibility index (Phi) is 9.56. The lowest BCUT2D eigenvalue weighted by molar-refractivity contribution is -0.145. The van der Waals surface area contributed by atoms with Gasteiger partial charge in [0.1, 0.15) is 5.75 Å². The first kappa shape index (κ1) is 28.1. The zero-order valence-corrected chi connectivity index (χ0v) is 23.7. The molecule has 202 valence electrons.